The molecule has 2 saturated heterocycles. The molecule has 1 aromatic rings. The fourth-order valence-electron chi connectivity index (χ4n) is 6.64. The number of ether oxygens (including phenoxy) is 2. The third-order valence-corrected chi connectivity index (χ3v) is 8.22. The van der Waals surface area contributed by atoms with Crippen molar-refractivity contribution in [2.24, 2.45) is 22.7 Å². The summed E-state index contributed by atoms with van der Waals surface area (Å²) >= 11 is 0. The highest BCUT2D eigenvalue weighted by molar-refractivity contribution is 5.29. The Morgan fingerprint density at radius 3 is 2.78 bits per heavy atom. The predicted molar refractivity (Wildman–Crippen MR) is 104 cm³/mol. The van der Waals surface area contributed by atoms with Gasteiger partial charge >= 0.3 is 0 Å². The maximum Gasteiger partial charge on any atom is 0.0859 e. The molecule has 4 aliphatic rings. The van der Waals surface area contributed by atoms with Gasteiger partial charge in [0.15, 0.2) is 0 Å². The smallest absolute Gasteiger partial charge is 0.0859 e. The first-order chi connectivity index (χ1) is 13.0. The molecule has 5 atom stereocenters. The summed E-state index contributed by atoms with van der Waals surface area (Å²) in [5.41, 5.74) is 2.79. The van der Waals surface area contributed by atoms with Crippen LogP contribution in [0.4, 0.5) is 0 Å². The summed E-state index contributed by atoms with van der Waals surface area (Å²) in [5.74, 6) is 1.08. The quantitative estimate of drug-likeness (QED) is 0.884. The zero-order valence-corrected chi connectivity index (χ0v) is 16.7. The molecule has 148 valence electrons. The number of hydrogen-bond acceptors (Lipinski definition) is 4. The van der Waals surface area contributed by atoms with Gasteiger partial charge in [-0.2, -0.15) is 0 Å². The Bertz CT molecular complexity index is 699. The average molecular weight is 372 g/mol. The fourth-order valence-corrected chi connectivity index (χ4v) is 6.64. The Balaban J connectivity index is 1.38. The SMILES string of the molecule is CC1(C)[C@@H]2C[C@@H]3[C@@H](c4cccc(CN5CCOCC5)c4)OCC[C@@]3(C2)[C@@H]1O. The summed E-state index contributed by atoms with van der Waals surface area (Å²) in [5, 5.41) is 11.2. The molecule has 1 N–H and O–H groups in total. The van der Waals surface area contributed by atoms with E-state index in [0.717, 1.165) is 45.9 Å². The van der Waals surface area contributed by atoms with Crippen LogP contribution in [-0.2, 0) is 16.0 Å². The lowest BCUT2D eigenvalue weighted by atomic mass is 9.60. The van der Waals surface area contributed by atoms with E-state index >= 15 is 0 Å². The van der Waals surface area contributed by atoms with Crippen LogP contribution in [0, 0.1) is 22.7 Å². The van der Waals surface area contributed by atoms with Gasteiger partial charge in [0, 0.05) is 31.7 Å². The van der Waals surface area contributed by atoms with E-state index in [-0.39, 0.29) is 23.0 Å². The number of benzene rings is 1. The summed E-state index contributed by atoms with van der Waals surface area (Å²) in [4.78, 5) is 2.47. The van der Waals surface area contributed by atoms with Gasteiger partial charge in [-0.15, -0.1) is 0 Å². The van der Waals surface area contributed by atoms with Crippen molar-refractivity contribution in [2.75, 3.05) is 32.9 Å². The topological polar surface area (TPSA) is 41.9 Å². The molecular formula is C23H33NO3. The molecule has 4 fully saturated rings. The second-order valence-electron chi connectivity index (χ2n) is 9.88. The molecule has 2 saturated carbocycles. The Morgan fingerprint density at radius 2 is 2.00 bits per heavy atom. The first-order valence-electron chi connectivity index (χ1n) is 10.7. The molecule has 1 spiro atoms. The van der Waals surface area contributed by atoms with Crippen LogP contribution in [0.5, 0.6) is 0 Å². The van der Waals surface area contributed by atoms with E-state index in [9.17, 15) is 5.11 Å². The van der Waals surface area contributed by atoms with E-state index < -0.39 is 0 Å². The van der Waals surface area contributed by atoms with Gasteiger partial charge in [-0.05, 0) is 47.6 Å². The van der Waals surface area contributed by atoms with E-state index in [2.05, 4.69) is 43.0 Å². The third kappa shape index (κ3) is 2.79. The lowest BCUT2D eigenvalue weighted by Crippen LogP contribution is -2.51. The molecule has 1 aromatic carbocycles. The van der Waals surface area contributed by atoms with Crippen LogP contribution in [0.3, 0.4) is 0 Å². The van der Waals surface area contributed by atoms with Crippen LogP contribution in [0.15, 0.2) is 24.3 Å². The molecule has 0 radical (unpaired) electrons. The Morgan fingerprint density at radius 1 is 1.19 bits per heavy atom. The fraction of sp³-hybridized carbons (Fsp3) is 0.739. The van der Waals surface area contributed by atoms with Crippen LogP contribution in [0.2, 0.25) is 0 Å². The van der Waals surface area contributed by atoms with Gasteiger partial charge in [0.2, 0.25) is 0 Å². The van der Waals surface area contributed by atoms with Gasteiger partial charge in [-0.3, -0.25) is 4.90 Å². The number of aliphatic hydroxyl groups excluding tert-OH is 1. The van der Waals surface area contributed by atoms with Crippen molar-refractivity contribution in [3.05, 3.63) is 35.4 Å². The minimum atomic E-state index is -0.198. The number of morpholine rings is 1. The zero-order valence-electron chi connectivity index (χ0n) is 16.7. The van der Waals surface area contributed by atoms with E-state index in [1.807, 2.05) is 0 Å². The molecule has 0 unspecified atom stereocenters. The zero-order chi connectivity index (χ0) is 18.6. The van der Waals surface area contributed by atoms with Crippen LogP contribution in [0.25, 0.3) is 0 Å². The van der Waals surface area contributed by atoms with Gasteiger partial charge in [-0.25, -0.2) is 0 Å². The van der Waals surface area contributed by atoms with Gasteiger partial charge in [-0.1, -0.05) is 38.1 Å². The van der Waals surface area contributed by atoms with E-state index in [1.54, 1.807) is 0 Å². The summed E-state index contributed by atoms with van der Waals surface area (Å²) in [6.07, 6.45) is 3.33. The maximum absolute atomic E-state index is 11.2. The number of fused-ring (bicyclic) bond motifs is 1. The van der Waals surface area contributed by atoms with E-state index in [4.69, 9.17) is 9.47 Å². The predicted octanol–water partition coefficient (Wildman–Crippen LogP) is 3.39. The standard InChI is InChI=1S/C23H33NO3/c1-22(2)18-13-19-20(27-9-6-23(19,14-18)21(22)25)17-5-3-4-16(12-17)15-24-7-10-26-11-8-24/h3-5,12,18-21,25H,6-11,13-15H2,1-2H3/t18-,19-,20-,21-,23+/m1/s1. The van der Waals surface area contributed by atoms with Crippen molar-refractivity contribution in [3.63, 3.8) is 0 Å². The summed E-state index contributed by atoms with van der Waals surface area (Å²) < 4.78 is 11.8. The summed E-state index contributed by atoms with van der Waals surface area (Å²) in [6, 6.07) is 9.00. The highest BCUT2D eigenvalue weighted by Crippen LogP contribution is 2.70. The van der Waals surface area contributed by atoms with Crippen molar-refractivity contribution < 1.29 is 14.6 Å². The van der Waals surface area contributed by atoms with Crippen LogP contribution >= 0.6 is 0 Å². The number of aliphatic hydroxyl groups is 1. The van der Waals surface area contributed by atoms with Crippen molar-refractivity contribution >= 4 is 0 Å². The Hall–Kier alpha value is -0.940. The molecule has 5 rings (SSSR count). The maximum atomic E-state index is 11.2. The first-order valence-corrected chi connectivity index (χ1v) is 10.7. The molecular weight excluding hydrogens is 338 g/mol. The molecule has 4 heteroatoms. The summed E-state index contributed by atoms with van der Waals surface area (Å²) in [6.45, 7) is 9.99. The monoisotopic (exact) mass is 371 g/mol. The third-order valence-electron chi connectivity index (χ3n) is 8.22. The largest absolute Gasteiger partial charge is 0.392 e. The second-order valence-corrected chi connectivity index (χ2v) is 9.88. The van der Waals surface area contributed by atoms with Crippen LogP contribution < -0.4 is 0 Å². The van der Waals surface area contributed by atoms with Gasteiger partial charge < -0.3 is 14.6 Å². The number of nitrogens with zero attached hydrogens (tertiary/aromatic N) is 1. The minimum absolute atomic E-state index is 0.0522. The van der Waals surface area contributed by atoms with Gasteiger partial charge in [0.1, 0.15) is 0 Å². The number of hydrogen-bond donors (Lipinski definition) is 1. The average Bonchev–Trinajstić information content (AvgIpc) is 3.16. The van der Waals surface area contributed by atoms with Crippen molar-refractivity contribution in [2.45, 2.75) is 51.9 Å². The first kappa shape index (κ1) is 18.1. The Kier molecular flexibility index (Phi) is 4.39. The molecule has 2 aliphatic heterocycles. The molecule has 2 aliphatic carbocycles. The highest BCUT2D eigenvalue weighted by atomic mass is 16.5. The molecule has 0 amide bonds. The van der Waals surface area contributed by atoms with Crippen LogP contribution in [-0.4, -0.2) is 49.0 Å². The summed E-state index contributed by atoms with van der Waals surface area (Å²) in [7, 11) is 0. The molecule has 4 nitrogen and oxygen atoms in total. The van der Waals surface area contributed by atoms with Gasteiger partial charge in [0.05, 0.1) is 25.4 Å². The van der Waals surface area contributed by atoms with E-state index in [0.29, 0.717) is 11.8 Å². The minimum Gasteiger partial charge on any atom is -0.392 e. The molecule has 2 heterocycles. The van der Waals surface area contributed by atoms with Crippen molar-refractivity contribution in [1.29, 1.82) is 0 Å². The highest BCUT2D eigenvalue weighted by Gasteiger charge is 2.67. The molecule has 2 bridgehead atoms. The number of rotatable bonds is 3. The van der Waals surface area contributed by atoms with Gasteiger partial charge in [0.25, 0.3) is 0 Å². The lowest BCUT2D eigenvalue weighted by Gasteiger charge is -2.51. The second kappa shape index (κ2) is 6.55. The normalized spacial score (nSPS) is 40.9. The van der Waals surface area contributed by atoms with E-state index in [1.165, 1.54) is 24.0 Å². The Labute approximate surface area is 162 Å². The molecule has 27 heavy (non-hydrogen) atoms. The molecule has 0 aromatic heterocycles. The van der Waals surface area contributed by atoms with Crippen molar-refractivity contribution in [3.8, 4) is 0 Å². The van der Waals surface area contributed by atoms with Crippen LogP contribution in [0.1, 0.15) is 50.3 Å². The lowest BCUT2D eigenvalue weighted by molar-refractivity contribution is -0.164. The van der Waals surface area contributed by atoms with Crippen molar-refractivity contribution in [1.82, 2.24) is 4.90 Å².